The maximum absolute atomic E-state index is 10.9. The molecule has 3 unspecified atom stereocenters. The Morgan fingerprint density at radius 2 is 1.49 bits per heavy atom. The van der Waals surface area contributed by atoms with Crippen LogP contribution in [0, 0.1) is 0 Å². The number of aliphatic carboxylic acids is 1. The van der Waals surface area contributed by atoms with E-state index in [1.807, 2.05) is 73.7 Å². The number of rotatable bonds is 14. The van der Waals surface area contributed by atoms with Crippen molar-refractivity contribution < 1.29 is 29.2 Å². The molecule has 186 valence electrons. The molecule has 7 heteroatoms. The molecule has 0 spiro atoms. The lowest BCUT2D eigenvalue weighted by Crippen LogP contribution is -2.37. The number of para-hydroxylation sites is 2. The molecule has 0 heterocycles. The molecule has 0 saturated heterocycles. The molecule has 0 aliphatic rings. The molecular formula is C28H33NO6. The van der Waals surface area contributed by atoms with Crippen molar-refractivity contribution in [1.29, 1.82) is 0 Å². The van der Waals surface area contributed by atoms with Crippen LogP contribution in [0.15, 0.2) is 78.9 Å². The van der Waals surface area contributed by atoms with E-state index in [0.29, 0.717) is 30.4 Å². The van der Waals surface area contributed by atoms with Crippen LogP contribution in [0.4, 0.5) is 0 Å². The molecule has 0 bridgehead atoms. The normalized spacial score (nSPS) is 13.5. The Bertz CT molecular complexity index is 1040. The first-order chi connectivity index (χ1) is 16.9. The molecular weight excluding hydrogens is 446 g/mol. The summed E-state index contributed by atoms with van der Waals surface area (Å²) in [7, 11) is 0. The number of carboxylic acids is 1. The van der Waals surface area contributed by atoms with Crippen LogP contribution in [0.25, 0.3) is 0 Å². The molecule has 0 radical (unpaired) electrons. The van der Waals surface area contributed by atoms with Gasteiger partial charge in [0.2, 0.25) is 0 Å². The van der Waals surface area contributed by atoms with E-state index in [9.17, 15) is 9.90 Å². The summed E-state index contributed by atoms with van der Waals surface area (Å²) in [5.74, 6) is 0.743. The van der Waals surface area contributed by atoms with Crippen molar-refractivity contribution in [2.24, 2.45) is 0 Å². The fourth-order valence-corrected chi connectivity index (χ4v) is 3.39. The summed E-state index contributed by atoms with van der Waals surface area (Å²) in [5.41, 5.74) is 2.15. The van der Waals surface area contributed by atoms with Crippen molar-refractivity contribution in [3.63, 3.8) is 0 Å². The Kier molecular flexibility index (Phi) is 9.95. The number of aliphatic hydroxyl groups is 1. The van der Waals surface area contributed by atoms with Crippen molar-refractivity contribution in [3.8, 4) is 17.2 Å². The molecule has 35 heavy (non-hydrogen) atoms. The van der Waals surface area contributed by atoms with Crippen LogP contribution < -0.4 is 19.5 Å². The van der Waals surface area contributed by atoms with Crippen LogP contribution in [-0.4, -0.2) is 47.6 Å². The van der Waals surface area contributed by atoms with Gasteiger partial charge in [-0.2, -0.15) is 0 Å². The molecule has 0 amide bonds. The van der Waals surface area contributed by atoms with Crippen LogP contribution in [0.5, 0.6) is 17.2 Å². The first-order valence-electron chi connectivity index (χ1n) is 11.7. The summed E-state index contributed by atoms with van der Waals surface area (Å²) in [6.45, 7) is 4.49. The van der Waals surface area contributed by atoms with Gasteiger partial charge in [0.15, 0.2) is 17.6 Å². The maximum Gasteiger partial charge on any atom is 0.344 e. The van der Waals surface area contributed by atoms with E-state index in [1.54, 1.807) is 12.1 Å². The molecule has 0 aliphatic heterocycles. The average Bonchev–Trinajstić information content (AvgIpc) is 2.87. The molecule has 0 aliphatic carbocycles. The van der Waals surface area contributed by atoms with Gasteiger partial charge in [0.05, 0.1) is 0 Å². The third-order valence-corrected chi connectivity index (χ3v) is 5.35. The van der Waals surface area contributed by atoms with Gasteiger partial charge in [0.1, 0.15) is 25.1 Å². The molecule has 3 N–H and O–H groups in total. The molecule has 0 fully saturated rings. The molecule has 7 nitrogen and oxygen atoms in total. The van der Waals surface area contributed by atoms with Gasteiger partial charge >= 0.3 is 5.97 Å². The second-order valence-corrected chi connectivity index (χ2v) is 8.44. The topological polar surface area (TPSA) is 97.3 Å². The van der Waals surface area contributed by atoms with Crippen molar-refractivity contribution in [3.05, 3.63) is 90.0 Å². The lowest BCUT2D eigenvalue weighted by Gasteiger charge is -2.19. The predicted octanol–water partition coefficient (Wildman–Crippen LogP) is 4.08. The van der Waals surface area contributed by atoms with Gasteiger partial charge in [-0.1, -0.05) is 54.6 Å². The van der Waals surface area contributed by atoms with E-state index in [1.165, 1.54) is 6.92 Å². The first-order valence-corrected chi connectivity index (χ1v) is 11.7. The third kappa shape index (κ3) is 8.96. The molecule has 3 aromatic rings. The number of carboxylic acid groups (broad SMARTS) is 1. The maximum atomic E-state index is 10.9. The van der Waals surface area contributed by atoms with E-state index in [4.69, 9.17) is 19.3 Å². The van der Waals surface area contributed by atoms with Gasteiger partial charge in [-0.25, -0.2) is 4.79 Å². The lowest BCUT2D eigenvalue weighted by molar-refractivity contribution is -0.144. The minimum Gasteiger partial charge on any atom is -0.487 e. The van der Waals surface area contributed by atoms with Gasteiger partial charge in [0, 0.05) is 12.6 Å². The number of benzene rings is 3. The van der Waals surface area contributed by atoms with Gasteiger partial charge < -0.3 is 29.7 Å². The Morgan fingerprint density at radius 1 is 0.857 bits per heavy atom. The van der Waals surface area contributed by atoms with Crippen molar-refractivity contribution in [2.75, 3.05) is 13.2 Å². The summed E-state index contributed by atoms with van der Waals surface area (Å²) in [4.78, 5) is 10.9. The largest absolute Gasteiger partial charge is 0.487 e. The SMILES string of the molecule is CC(Cc1ccc(OC(C)C(=O)O)cc1)NCC(O)COc1ccccc1OCc1ccccc1. The van der Waals surface area contributed by atoms with Crippen LogP contribution >= 0.6 is 0 Å². The highest BCUT2D eigenvalue weighted by atomic mass is 16.5. The standard InChI is InChI=1S/C28H33NO6/c1-20(16-22-12-14-25(15-13-22)35-21(2)28(31)32)29-17-24(30)19-34-27-11-7-6-10-26(27)33-18-23-8-4-3-5-9-23/h3-15,20-21,24,29-30H,16-19H2,1-2H3,(H,31,32). The van der Waals surface area contributed by atoms with Crippen LogP contribution in [0.2, 0.25) is 0 Å². The number of hydrogen-bond acceptors (Lipinski definition) is 6. The molecule has 3 aromatic carbocycles. The summed E-state index contributed by atoms with van der Waals surface area (Å²) < 4.78 is 17.1. The zero-order valence-electron chi connectivity index (χ0n) is 20.1. The number of ether oxygens (including phenoxy) is 3. The fraction of sp³-hybridized carbons (Fsp3) is 0.321. The fourth-order valence-electron chi connectivity index (χ4n) is 3.39. The van der Waals surface area contributed by atoms with Crippen LogP contribution in [0.3, 0.4) is 0 Å². The van der Waals surface area contributed by atoms with Gasteiger partial charge in [-0.05, 0) is 55.7 Å². The number of hydrogen-bond donors (Lipinski definition) is 3. The zero-order chi connectivity index (χ0) is 25.0. The first kappa shape index (κ1) is 26.1. The Morgan fingerprint density at radius 3 is 2.14 bits per heavy atom. The second-order valence-electron chi connectivity index (χ2n) is 8.44. The van der Waals surface area contributed by atoms with E-state index >= 15 is 0 Å². The Hall–Kier alpha value is -3.55. The van der Waals surface area contributed by atoms with Crippen LogP contribution in [0.1, 0.15) is 25.0 Å². The number of carbonyl (C=O) groups is 1. The van der Waals surface area contributed by atoms with E-state index < -0.39 is 18.2 Å². The summed E-state index contributed by atoms with van der Waals surface area (Å²) in [6, 6.07) is 24.8. The molecule has 3 rings (SSSR count). The zero-order valence-corrected chi connectivity index (χ0v) is 20.1. The highest BCUT2D eigenvalue weighted by Gasteiger charge is 2.13. The van der Waals surface area contributed by atoms with E-state index in [2.05, 4.69) is 5.32 Å². The van der Waals surface area contributed by atoms with E-state index in [0.717, 1.165) is 17.5 Å². The number of nitrogens with one attached hydrogen (secondary N) is 1. The monoisotopic (exact) mass is 479 g/mol. The quantitative estimate of drug-likeness (QED) is 0.321. The minimum absolute atomic E-state index is 0.121. The van der Waals surface area contributed by atoms with Crippen molar-refractivity contribution in [2.45, 2.75) is 45.1 Å². The minimum atomic E-state index is -1.00. The molecule has 0 aromatic heterocycles. The predicted molar refractivity (Wildman–Crippen MR) is 134 cm³/mol. The molecule has 3 atom stereocenters. The van der Waals surface area contributed by atoms with Gasteiger partial charge in [-0.15, -0.1) is 0 Å². The van der Waals surface area contributed by atoms with Crippen LogP contribution in [-0.2, 0) is 17.8 Å². The van der Waals surface area contributed by atoms with Gasteiger partial charge in [0.25, 0.3) is 0 Å². The average molecular weight is 480 g/mol. The Labute approximate surface area is 206 Å². The smallest absolute Gasteiger partial charge is 0.344 e. The van der Waals surface area contributed by atoms with E-state index in [-0.39, 0.29) is 12.6 Å². The highest BCUT2D eigenvalue weighted by Crippen LogP contribution is 2.27. The van der Waals surface area contributed by atoms with Crippen molar-refractivity contribution in [1.82, 2.24) is 5.32 Å². The summed E-state index contributed by atoms with van der Waals surface area (Å²) in [6.07, 6.45) is -0.834. The summed E-state index contributed by atoms with van der Waals surface area (Å²) >= 11 is 0. The second kappa shape index (κ2) is 13.4. The highest BCUT2D eigenvalue weighted by molar-refractivity contribution is 5.72. The van der Waals surface area contributed by atoms with Gasteiger partial charge in [-0.3, -0.25) is 0 Å². The summed E-state index contributed by atoms with van der Waals surface area (Å²) in [5, 5.41) is 22.7. The molecule has 0 saturated carbocycles. The number of aliphatic hydroxyl groups excluding tert-OH is 1. The Balaban J connectivity index is 1.40. The van der Waals surface area contributed by atoms with Crippen molar-refractivity contribution >= 4 is 5.97 Å². The third-order valence-electron chi connectivity index (χ3n) is 5.35. The lowest BCUT2D eigenvalue weighted by atomic mass is 10.1.